The first-order chi connectivity index (χ1) is 16.3. The van der Waals surface area contributed by atoms with Gasteiger partial charge >= 0.3 is 0 Å². The van der Waals surface area contributed by atoms with E-state index in [-0.39, 0.29) is 22.9 Å². The number of pyridine rings is 1. The number of aliphatic hydroxyl groups is 1. The Morgan fingerprint density at radius 1 is 1.20 bits per heavy atom. The highest BCUT2D eigenvalue weighted by Gasteiger charge is 2.30. The van der Waals surface area contributed by atoms with Crippen LogP contribution in [-0.2, 0) is 14.8 Å². The van der Waals surface area contributed by atoms with E-state index in [2.05, 4.69) is 20.3 Å². The molecule has 4 N–H and O–H groups in total. The molecule has 0 saturated heterocycles. The molecular weight excluding hydrogens is 479 g/mol. The Kier molecular flexibility index (Phi) is 9.30. The van der Waals surface area contributed by atoms with Crippen molar-refractivity contribution in [2.45, 2.75) is 50.7 Å². The SMILES string of the molecule is COc1cc(NC(=O)[C@H](CC(C)C)NC(=O)c2ccc(F)cc2)cnc1S(=O)(=O)NC(C)(C)CO. The highest BCUT2D eigenvalue weighted by Crippen LogP contribution is 2.26. The molecule has 2 rings (SSSR count). The molecule has 12 heteroatoms. The van der Waals surface area contributed by atoms with Crippen molar-refractivity contribution < 1.29 is 32.2 Å². The predicted octanol–water partition coefficient (Wildman–Crippen LogP) is 2.06. The number of aliphatic hydroxyl groups excluding tert-OH is 1. The average Bonchev–Trinajstić information content (AvgIpc) is 2.77. The number of nitrogens with one attached hydrogen (secondary N) is 3. The van der Waals surface area contributed by atoms with Gasteiger partial charge in [0.25, 0.3) is 15.9 Å². The summed E-state index contributed by atoms with van der Waals surface area (Å²) < 4.78 is 46.1. The first kappa shape index (κ1) is 28.1. The van der Waals surface area contributed by atoms with Gasteiger partial charge < -0.3 is 20.5 Å². The Balaban J connectivity index is 2.24. The van der Waals surface area contributed by atoms with Gasteiger partial charge in [0, 0.05) is 11.6 Å². The summed E-state index contributed by atoms with van der Waals surface area (Å²) >= 11 is 0. The Morgan fingerprint density at radius 3 is 2.37 bits per heavy atom. The number of methoxy groups -OCH3 is 1. The van der Waals surface area contributed by atoms with E-state index >= 15 is 0 Å². The van der Waals surface area contributed by atoms with E-state index in [0.29, 0.717) is 6.42 Å². The fraction of sp³-hybridized carbons (Fsp3) is 0.435. The van der Waals surface area contributed by atoms with Crippen molar-refractivity contribution in [3.05, 3.63) is 47.9 Å². The maximum absolute atomic E-state index is 13.2. The zero-order chi connectivity index (χ0) is 26.4. The van der Waals surface area contributed by atoms with E-state index in [1.165, 1.54) is 39.2 Å². The second-order valence-electron chi connectivity index (χ2n) is 9.03. The molecular formula is C23H31FN4O6S. The second-order valence-corrected chi connectivity index (χ2v) is 10.6. The monoisotopic (exact) mass is 510 g/mol. The van der Waals surface area contributed by atoms with Gasteiger partial charge in [0.2, 0.25) is 10.9 Å². The fourth-order valence-corrected chi connectivity index (χ4v) is 4.56. The highest BCUT2D eigenvalue weighted by atomic mass is 32.2. The molecule has 1 heterocycles. The third-order valence-electron chi connectivity index (χ3n) is 4.80. The first-order valence-corrected chi connectivity index (χ1v) is 12.3. The van der Waals surface area contributed by atoms with E-state index in [0.717, 1.165) is 18.3 Å². The molecule has 0 aliphatic heterocycles. The number of hydrogen-bond donors (Lipinski definition) is 4. The van der Waals surface area contributed by atoms with Crippen LogP contribution >= 0.6 is 0 Å². The second kappa shape index (κ2) is 11.6. The predicted molar refractivity (Wildman–Crippen MR) is 128 cm³/mol. The summed E-state index contributed by atoms with van der Waals surface area (Å²) in [5, 5.41) is 14.2. The number of carbonyl (C=O) groups is 2. The minimum absolute atomic E-state index is 0.0559. The van der Waals surface area contributed by atoms with Gasteiger partial charge in [-0.15, -0.1) is 0 Å². The number of nitrogens with zero attached hydrogens (tertiary/aromatic N) is 1. The fourth-order valence-electron chi connectivity index (χ4n) is 3.07. The zero-order valence-electron chi connectivity index (χ0n) is 20.3. The Labute approximate surface area is 204 Å². The molecule has 2 aromatic rings. The molecule has 0 aliphatic carbocycles. The van der Waals surface area contributed by atoms with Crippen molar-refractivity contribution in [2.24, 2.45) is 5.92 Å². The molecule has 0 radical (unpaired) electrons. The lowest BCUT2D eigenvalue weighted by Crippen LogP contribution is -2.46. The number of rotatable bonds is 11. The number of aromatic nitrogens is 1. The lowest BCUT2D eigenvalue weighted by Gasteiger charge is -2.23. The molecule has 0 bridgehead atoms. The van der Waals surface area contributed by atoms with Gasteiger partial charge in [0.05, 0.1) is 31.1 Å². The molecule has 0 unspecified atom stereocenters. The van der Waals surface area contributed by atoms with Crippen LogP contribution in [0.4, 0.5) is 10.1 Å². The van der Waals surface area contributed by atoms with Gasteiger partial charge in [-0.05, 0) is 50.5 Å². The number of ether oxygens (including phenoxy) is 1. The van der Waals surface area contributed by atoms with Crippen LogP contribution in [0.2, 0.25) is 0 Å². The van der Waals surface area contributed by atoms with E-state index in [4.69, 9.17) is 4.74 Å². The number of amides is 2. The standard InChI is InChI=1S/C23H31FN4O6S/c1-14(2)10-18(27-20(30)15-6-8-16(24)9-7-15)21(31)26-17-11-19(34-5)22(25-12-17)35(32,33)28-23(3,4)13-29/h6-9,11-12,14,18,28-29H,10,13H2,1-5H3,(H,26,31)(H,27,30)/t18-/m0/s1. The van der Waals surface area contributed by atoms with Crippen LogP contribution in [0.3, 0.4) is 0 Å². The highest BCUT2D eigenvalue weighted by molar-refractivity contribution is 7.89. The van der Waals surface area contributed by atoms with Crippen molar-refractivity contribution in [3.8, 4) is 5.75 Å². The minimum atomic E-state index is -4.14. The smallest absolute Gasteiger partial charge is 0.262 e. The zero-order valence-corrected chi connectivity index (χ0v) is 21.1. The number of carbonyl (C=O) groups excluding carboxylic acids is 2. The summed E-state index contributed by atoms with van der Waals surface area (Å²) in [5.41, 5.74) is -0.785. The van der Waals surface area contributed by atoms with E-state index in [9.17, 15) is 27.5 Å². The van der Waals surface area contributed by atoms with Crippen LogP contribution < -0.4 is 20.1 Å². The van der Waals surface area contributed by atoms with Gasteiger partial charge in [-0.25, -0.2) is 22.5 Å². The summed E-state index contributed by atoms with van der Waals surface area (Å²) in [6.07, 6.45) is 1.46. The summed E-state index contributed by atoms with van der Waals surface area (Å²) in [4.78, 5) is 29.5. The van der Waals surface area contributed by atoms with Crippen molar-refractivity contribution in [1.82, 2.24) is 15.0 Å². The maximum Gasteiger partial charge on any atom is 0.262 e. The average molecular weight is 511 g/mol. The van der Waals surface area contributed by atoms with Crippen LogP contribution in [-0.4, -0.2) is 55.6 Å². The van der Waals surface area contributed by atoms with Crippen LogP contribution in [0.25, 0.3) is 0 Å². The molecule has 192 valence electrons. The van der Waals surface area contributed by atoms with E-state index in [1.807, 2.05) is 13.8 Å². The topological polar surface area (TPSA) is 147 Å². The molecule has 2 amide bonds. The third-order valence-corrected chi connectivity index (χ3v) is 6.44. The molecule has 1 aromatic carbocycles. The number of benzene rings is 1. The minimum Gasteiger partial charge on any atom is -0.494 e. The summed E-state index contributed by atoms with van der Waals surface area (Å²) in [7, 11) is -2.89. The van der Waals surface area contributed by atoms with E-state index < -0.39 is 50.9 Å². The van der Waals surface area contributed by atoms with Gasteiger partial charge in [-0.3, -0.25) is 9.59 Å². The van der Waals surface area contributed by atoms with Crippen LogP contribution in [0.5, 0.6) is 5.75 Å². The van der Waals surface area contributed by atoms with Crippen LogP contribution in [0.1, 0.15) is 44.5 Å². The first-order valence-electron chi connectivity index (χ1n) is 10.8. The molecule has 0 spiro atoms. The summed E-state index contributed by atoms with van der Waals surface area (Å²) in [6.45, 7) is 6.33. The molecule has 10 nitrogen and oxygen atoms in total. The Morgan fingerprint density at radius 2 is 1.83 bits per heavy atom. The van der Waals surface area contributed by atoms with Gasteiger partial charge in [-0.2, -0.15) is 0 Å². The normalized spacial score (nSPS) is 12.8. The maximum atomic E-state index is 13.2. The van der Waals surface area contributed by atoms with Crippen molar-refractivity contribution >= 4 is 27.5 Å². The molecule has 0 fully saturated rings. The number of anilines is 1. The lowest BCUT2D eigenvalue weighted by molar-refractivity contribution is -0.118. The summed E-state index contributed by atoms with van der Waals surface area (Å²) in [6, 6.07) is 5.30. The summed E-state index contributed by atoms with van der Waals surface area (Å²) in [5.74, 6) is -1.64. The number of halogens is 1. The molecule has 0 aliphatic rings. The largest absolute Gasteiger partial charge is 0.494 e. The Hall–Kier alpha value is -3.09. The molecule has 1 aromatic heterocycles. The number of sulfonamides is 1. The number of hydrogen-bond acceptors (Lipinski definition) is 7. The molecule has 1 atom stereocenters. The Bertz CT molecular complexity index is 1150. The van der Waals surface area contributed by atoms with Gasteiger partial charge in [0.15, 0.2) is 5.75 Å². The van der Waals surface area contributed by atoms with Crippen molar-refractivity contribution in [3.63, 3.8) is 0 Å². The van der Waals surface area contributed by atoms with Crippen LogP contribution in [0.15, 0.2) is 41.6 Å². The third kappa shape index (κ3) is 7.98. The van der Waals surface area contributed by atoms with Gasteiger partial charge in [0.1, 0.15) is 11.9 Å². The molecule has 35 heavy (non-hydrogen) atoms. The van der Waals surface area contributed by atoms with Crippen LogP contribution in [0, 0.1) is 11.7 Å². The quantitative estimate of drug-likeness (QED) is 0.362. The molecule has 0 saturated carbocycles. The van der Waals surface area contributed by atoms with Crippen molar-refractivity contribution in [2.75, 3.05) is 19.0 Å². The van der Waals surface area contributed by atoms with E-state index in [1.54, 1.807) is 0 Å². The van der Waals surface area contributed by atoms with Gasteiger partial charge in [-0.1, -0.05) is 13.8 Å². The lowest BCUT2D eigenvalue weighted by atomic mass is 10.0. The van der Waals surface area contributed by atoms with Crippen molar-refractivity contribution in [1.29, 1.82) is 0 Å².